The van der Waals surface area contributed by atoms with Gasteiger partial charge < -0.3 is 0 Å². The smallest absolute Gasteiger partial charge is 0.258 e. The second kappa shape index (κ2) is 15.2. The van der Waals surface area contributed by atoms with Gasteiger partial charge in [0.1, 0.15) is 0 Å². The summed E-state index contributed by atoms with van der Waals surface area (Å²) in [7, 11) is 0. The minimum absolute atomic E-state index is 0. The van der Waals surface area contributed by atoms with Crippen molar-refractivity contribution in [3.05, 3.63) is 139 Å². The van der Waals surface area contributed by atoms with Gasteiger partial charge in [-0.25, -0.2) is 4.99 Å². The summed E-state index contributed by atoms with van der Waals surface area (Å²) in [5.41, 5.74) is 13.1. The number of alkyl halides is 1. The molecule has 0 aliphatic carbocycles. The molecular weight excluding hydrogens is 668 g/mol. The maximum Gasteiger partial charge on any atom is 0.269 e. The fourth-order valence-corrected chi connectivity index (χ4v) is 6.13. The van der Waals surface area contributed by atoms with Crippen LogP contribution in [0.15, 0.2) is 84.9 Å². The van der Waals surface area contributed by atoms with Crippen molar-refractivity contribution in [3.63, 3.8) is 0 Å². The molecule has 2 heterocycles. The molecule has 0 bridgehead atoms. The van der Waals surface area contributed by atoms with Gasteiger partial charge in [-0.1, -0.05) is 58.7 Å². The van der Waals surface area contributed by atoms with Crippen LogP contribution in [0.25, 0.3) is 0 Å². The monoisotopic (exact) mass is 714 g/mol. The topological polar surface area (TPSA) is 103 Å². The Labute approximate surface area is 292 Å². The molecule has 0 saturated heterocycles. The lowest BCUT2D eigenvalue weighted by Crippen LogP contribution is -2.64. The Kier molecular flexibility index (Phi) is 12.0. The molecule has 2 aliphatic rings. The van der Waals surface area contributed by atoms with Gasteiger partial charge in [-0.3, -0.25) is 20.2 Å². The Morgan fingerprint density at radius 1 is 0.688 bits per heavy atom. The molecule has 0 aromatic heterocycles. The van der Waals surface area contributed by atoms with Gasteiger partial charge in [-0.15, -0.1) is 0 Å². The zero-order valence-electron chi connectivity index (χ0n) is 28.3. The SMILES string of the molecule is C.CC1=[N+](Cc2ccc([N+](=O)[O-])cc2)c2ccc(C)cc2C1(C)C.CC1=[NH+]c2ccc(C)cc2C1(C)C.O=[N+]([O-])c1ccc(CBr)cc1. The van der Waals surface area contributed by atoms with E-state index in [2.05, 4.69) is 117 Å². The summed E-state index contributed by atoms with van der Waals surface area (Å²) in [4.78, 5) is 23.6. The van der Waals surface area contributed by atoms with Crippen LogP contribution in [0.2, 0.25) is 0 Å². The first-order chi connectivity index (χ1) is 22.1. The summed E-state index contributed by atoms with van der Waals surface area (Å²) < 4.78 is 2.32. The highest BCUT2D eigenvalue weighted by Gasteiger charge is 2.43. The third kappa shape index (κ3) is 8.13. The fourth-order valence-electron chi connectivity index (χ4n) is 5.76. The number of hydrogen-bond acceptors (Lipinski definition) is 4. The standard InChI is InChI=1S/C19H21N2O2.C12H15N.C7H6BrNO2.CH4/c1-13-5-10-18-17(11-13)19(3,4)14(2)20(18)12-15-6-8-16(9-7-15)21(22)23;1-8-5-6-11-10(7-8)12(3,4)9(2)13-11;8-5-6-1-3-7(4-2-6)9(10)11;/h5-11H,12H2,1-4H3;5-7H,1-4H3;1-4H,5H2;1H4/q+1;;;/p+1. The lowest BCUT2D eigenvalue weighted by molar-refractivity contribution is -0.456. The van der Waals surface area contributed by atoms with Crippen LogP contribution >= 0.6 is 15.9 Å². The van der Waals surface area contributed by atoms with Crippen molar-refractivity contribution in [1.29, 1.82) is 0 Å². The van der Waals surface area contributed by atoms with E-state index in [4.69, 9.17) is 0 Å². The Balaban J connectivity index is 0.000000212. The van der Waals surface area contributed by atoms with E-state index in [1.165, 1.54) is 57.2 Å². The lowest BCUT2D eigenvalue weighted by atomic mass is 9.82. The van der Waals surface area contributed by atoms with Crippen LogP contribution in [0, 0.1) is 34.1 Å². The first-order valence-corrected chi connectivity index (χ1v) is 16.7. The summed E-state index contributed by atoms with van der Waals surface area (Å²) in [6, 6.07) is 26.4. The van der Waals surface area contributed by atoms with Crippen molar-refractivity contribution in [2.75, 3.05) is 0 Å². The minimum atomic E-state index is -0.405. The minimum Gasteiger partial charge on any atom is -0.258 e. The van der Waals surface area contributed by atoms with Gasteiger partial charge in [0.15, 0.2) is 18.0 Å². The molecule has 0 atom stereocenters. The second-order valence-electron chi connectivity index (χ2n) is 13.2. The molecule has 2 aliphatic heterocycles. The number of benzene rings is 4. The maximum atomic E-state index is 10.8. The molecular formula is C39H47BrN4O4+2. The van der Waals surface area contributed by atoms with Crippen LogP contribution in [0.4, 0.5) is 22.7 Å². The van der Waals surface area contributed by atoms with Gasteiger partial charge in [0.05, 0.1) is 20.7 Å². The molecule has 0 fully saturated rings. The van der Waals surface area contributed by atoms with E-state index in [0.29, 0.717) is 0 Å². The molecule has 0 amide bonds. The molecule has 0 unspecified atom stereocenters. The average Bonchev–Trinajstić information content (AvgIpc) is 3.37. The highest BCUT2D eigenvalue weighted by Crippen LogP contribution is 2.40. The molecule has 4 aromatic carbocycles. The Bertz CT molecular complexity index is 1880. The van der Waals surface area contributed by atoms with Gasteiger partial charge in [-0.2, -0.15) is 4.58 Å². The van der Waals surface area contributed by atoms with Crippen LogP contribution in [-0.2, 0) is 22.7 Å². The predicted molar refractivity (Wildman–Crippen MR) is 200 cm³/mol. The number of nitrogens with one attached hydrogen (secondary N) is 1. The molecule has 4 aromatic rings. The molecule has 8 nitrogen and oxygen atoms in total. The molecule has 1 N–H and O–H groups in total. The third-order valence-electron chi connectivity index (χ3n) is 9.32. The van der Waals surface area contributed by atoms with E-state index >= 15 is 0 Å². The molecule has 0 radical (unpaired) electrons. The molecule has 0 saturated carbocycles. The molecule has 48 heavy (non-hydrogen) atoms. The van der Waals surface area contributed by atoms with E-state index in [0.717, 1.165) is 23.0 Å². The normalized spacial score (nSPS) is 14.6. The molecule has 6 rings (SSSR count). The van der Waals surface area contributed by atoms with E-state index in [1.807, 2.05) is 12.1 Å². The lowest BCUT2D eigenvalue weighted by Gasteiger charge is -2.15. The number of rotatable bonds is 5. The first-order valence-electron chi connectivity index (χ1n) is 15.5. The van der Waals surface area contributed by atoms with Crippen LogP contribution in [-0.4, -0.2) is 25.8 Å². The third-order valence-corrected chi connectivity index (χ3v) is 9.97. The summed E-state index contributed by atoms with van der Waals surface area (Å²) in [6.45, 7) is 18.3. The van der Waals surface area contributed by atoms with Crippen LogP contribution in [0.5, 0.6) is 0 Å². The Morgan fingerprint density at radius 3 is 1.67 bits per heavy atom. The van der Waals surface area contributed by atoms with Crippen LogP contribution in [0.1, 0.15) is 82.3 Å². The van der Waals surface area contributed by atoms with E-state index in [1.54, 1.807) is 24.3 Å². The number of hydrogen-bond donors (Lipinski definition) is 1. The zero-order valence-corrected chi connectivity index (χ0v) is 29.9. The fraction of sp³-hybridized carbons (Fsp3) is 0.333. The quantitative estimate of drug-likeness (QED) is 0.0964. The zero-order chi connectivity index (χ0) is 34.7. The Hall–Kier alpha value is -4.50. The highest BCUT2D eigenvalue weighted by atomic mass is 79.9. The van der Waals surface area contributed by atoms with Crippen molar-refractivity contribution in [2.24, 2.45) is 0 Å². The first kappa shape index (κ1) is 38.0. The predicted octanol–water partition coefficient (Wildman–Crippen LogP) is 9.08. The number of nitro groups is 2. The van der Waals surface area contributed by atoms with Crippen molar-refractivity contribution < 1.29 is 19.4 Å². The van der Waals surface area contributed by atoms with Crippen molar-refractivity contribution >= 4 is 50.1 Å². The largest absolute Gasteiger partial charge is 0.269 e. The number of non-ortho nitro benzene ring substituents is 2. The summed E-state index contributed by atoms with van der Waals surface area (Å²) in [5.74, 6) is 0. The van der Waals surface area contributed by atoms with Crippen molar-refractivity contribution in [1.82, 2.24) is 0 Å². The van der Waals surface area contributed by atoms with E-state index < -0.39 is 4.92 Å². The van der Waals surface area contributed by atoms with E-state index in [9.17, 15) is 20.2 Å². The summed E-state index contributed by atoms with van der Waals surface area (Å²) in [5, 5.41) is 21.7. The molecule has 0 spiro atoms. The van der Waals surface area contributed by atoms with Crippen molar-refractivity contribution in [2.45, 2.75) is 85.5 Å². The van der Waals surface area contributed by atoms with Crippen molar-refractivity contribution in [3.8, 4) is 0 Å². The molecule has 252 valence electrons. The van der Waals surface area contributed by atoms with Gasteiger partial charge in [0.25, 0.3) is 11.4 Å². The molecule has 9 heteroatoms. The van der Waals surface area contributed by atoms with Gasteiger partial charge in [0.2, 0.25) is 11.4 Å². The summed E-state index contributed by atoms with van der Waals surface area (Å²) >= 11 is 3.25. The maximum absolute atomic E-state index is 10.8. The summed E-state index contributed by atoms with van der Waals surface area (Å²) in [6.07, 6.45) is 0. The Morgan fingerprint density at radius 2 is 1.17 bits per heavy atom. The number of fused-ring (bicyclic) bond motifs is 2. The second-order valence-corrected chi connectivity index (χ2v) is 13.8. The van der Waals surface area contributed by atoms with Gasteiger partial charge in [0, 0.05) is 72.3 Å². The van der Waals surface area contributed by atoms with Crippen LogP contribution < -0.4 is 4.99 Å². The number of aryl methyl sites for hydroxylation is 2. The van der Waals surface area contributed by atoms with E-state index in [-0.39, 0.29) is 34.6 Å². The highest BCUT2D eigenvalue weighted by molar-refractivity contribution is 9.08. The number of nitrogens with zero attached hydrogens (tertiary/aromatic N) is 3. The van der Waals surface area contributed by atoms with Crippen LogP contribution in [0.3, 0.4) is 0 Å². The number of halogens is 1. The number of nitro benzene ring substituents is 2. The van der Waals surface area contributed by atoms with Gasteiger partial charge >= 0.3 is 0 Å². The average molecular weight is 716 g/mol. The van der Waals surface area contributed by atoms with Gasteiger partial charge in [-0.05, 0) is 71.4 Å².